The van der Waals surface area contributed by atoms with Crippen molar-refractivity contribution < 1.29 is 9.59 Å². The summed E-state index contributed by atoms with van der Waals surface area (Å²) in [7, 11) is 0. The monoisotopic (exact) mass is 300 g/mol. The van der Waals surface area contributed by atoms with E-state index in [1.54, 1.807) is 0 Å². The minimum Gasteiger partial charge on any atom is -0.369 e. The first-order valence-corrected chi connectivity index (χ1v) is 8.10. The highest BCUT2D eigenvalue weighted by atomic mass is 16.2. The standard InChI is InChI=1S/C18H24N2O2/c1-12-8-13(2)10-15(9-12)18(5-3-6-18)17(22)20-7-4-14(11-20)16(19)21/h8-10,14H,3-7,11H2,1-2H3,(H2,19,21). The van der Waals surface area contributed by atoms with Crippen molar-refractivity contribution in [1.29, 1.82) is 0 Å². The van der Waals surface area contributed by atoms with Crippen molar-refractivity contribution in [2.45, 2.75) is 44.9 Å². The van der Waals surface area contributed by atoms with Gasteiger partial charge < -0.3 is 10.6 Å². The van der Waals surface area contributed by atoms with E-state index in [0.717, 1.165) is 24.8 Å². The Labute approximate surface area is 131 Å². The molecule has 2 amide bonds. The molecule has 1 aliphatic carbocycles. The molecule has 118 valence electrons. The predicted octanol–water partition coefficient (Wildman–Crippen LogP) is 2.06. The van der Waals surface area contributed by atoms with Crippen LogP contribution >= 0.6 is 0 Å². The molecule has 1 aromatic rings. The van der Waals surface area contributed by atoms with Gasteiger partial charge in [-0.1, -0.05) is 35.7 Å². The number of primary amides is 1. The molecule has 1 atom stereocenters. The second-order valence-electron chi connectivity index (χ2n) is 6.95. The van der Waals surface area contributed by atoms with Gasteiger partial charge in [0.25, 0.3) is 0 Å². The molecule has 1 unspecified atom stereocenters. The lowest BCUT2D eigenvalue weighted by Crippen LogP contribution is -2.50. The number of nitrogens with two attached hydrogens (primary N) is 1. The van der Waals surface area contributed by atoms with Crippen LogP contribution in [0.3, 0.4) is 0 Å². The quantitative estimate of drug-likeness (QED) is 0.928. The van der Waals surface area contributed by atoms with E-state index in [0.29, 0.717) is 19.5 Å². The highest BCUT2D eigenvalue weighted by molar-refractivity contribution is 5.90. The van der Waals surface area contributed by atoms with E-state index in [9.17, 15) is 9.59 Å². The van der Waals surface area contributed by atoms with Crippen molar-refractivity contribution in [3.63, 3.8) is 0 Å². The number of amides is 2. The zero-order chi connectivity index (χ0) is 15.9. The molecule has 1 aromatic carbocycles. The molecule has 1 saturated heterocycles. The summed E-state index contributed by atoms with van der Waals surface area (Å²) in [6.07, 6.45) is 3.61. The predicted molar refractivity (Wildman–Crippen MR) is 85.3 cm³/mol. The van der Waals surface area contributed by atoms with Crippen LogP contribution in [0.25, 0.3) is 0 Å². The third kappa shape index (κ3) is 2.40. The zero-order valence-electron chi connectivity index (χ0n) is 13.4. The Balaban J connectivity index is 1.87. The third-order valence-electron chi connectivity index (χ3n) is 5.27. The fourth-order valence-electron chi connectivity index (χ4n) is 3.89. The Morgan fingerprint density at radius 3 is 2.27 bits per heavy atom. The Morgan fingerprint density at radius 1 is 1.18 bits per heavy atom. The maximum atomic E-state index is 13.1. The van der Waals surface area contributed by atoms with E-state index in [2.05, 4.69) is 32.0 Å². The Kier molecular flexibility index (Phi) is 3.71. The van der Waals surface area contributed by atoms with E-state index in [1.165, 1.54) is 11.1 Å². The van der Waals surface area contributed by atoms with Gasteiger partial charge in [0.05, 0.1) is 11.3 Å². The molecule has 0 radical (unpaired) electrons. The second-order valence-corrected chi connectivity index (χ2v) is 6.95. The Morgan fingerprint density at radius 2 is 1.82 bits per heavy atom. The topological polar surface area (TPSA) is 63.4 Å². The summed E-state index contributed by atoms with van der Waals surface area (Å²) < 4.78 is 0. The van der Waals surface area contributed by atoms with Crippen molar-refractivity contribution in [1.82, 2.24) is 4.90 Å². The van der Waals surface area contributed by atoms with Gasteiger partial charge in [0.1, 0.15) is 0 Å². The molecule has 1 saturated carbocycles. The molecule has 0 bridgehead atoms. The lowest BCUT2D eigenvalue weighted by Gasteiger charge is -2.43. The highest BCUT2D eigenvalue weighted by Gasteiger charge is 2.49. The van der Waals surface area contributed by atoms with Gasteiger partial charge in [0.15, 0.2) is 0 Å². The molecule has 22 heavy (non-hydrogen) atoms. The molecule has 4 heteroatoms. The number of likely N-dealkylation sites (tertiary alicyclic amines) is 1. The first-order chi connectivity index (χ1) is 10.4. The summed E-state index contributed by atoms with van der Waals surface area (Å²) in [5.41, 5.74) is 8.56. The van der Waals surface area contributed by atoms with Crippen LogP contribution in [0, 0.1) is 19.8 Å². The molecule has 2 N–H and O–H groups in total. The molecule has 1 heterocycles. The van der Waals surface area contributed by atoms with Crippen molar-refractivity contribution in [3.05, 3.63) is 34.9 Å². The Hall–Kier alpha value is -1.84. The molecule has 0 spiro atoms. The van der Waals surface area contributed by atoms with E-state index < -0.39 is 0 Å². The van der Waals surface area contributed by atoms with Crippen molar-refractivity contribution in [2.24, 2.45) is 11.7 Å². The summed E-state index contributed by atoms with van der Waals surface area (Å²) in [4.78, 5) is 26.3. The summed E-state index contributed by atoms with van der Waals surface area (Å²) in [5, 5.41) is 0. The zero-order valence-corrected chi connectivity index (χ0v) is 13.4. The number of aryl methyl sites for hydroxylation is 2. The van der Waals surface area contributed by atoms with Crippen LogP contribution in [0.2, 0.25) is 0 Å². The van der Waals surface area contributed by atoms with Gasteiger partial charge >= 0.3 is 0 Å². The minimum absolute atomic E-state index is 0.180. The van der Waals surface area contributed by atoms with Gasteiger partial charge in [-0.3, -0.25) is 9.59 Å². The van der Waals surface area contributed by atoms with Crippen molar-refractivity contribution in [2.75, 3.05) is 13.1 Å². The van der Waals surface area contributed by atoms with Crippen molar-refractivity contribution in [3.8, 4) is 0 Å². The minimum atomic E-state index is -0.372. The SMILES string of the molecule is Cc1cc(C)cc(C2(C(=O)N3CCC(C(N)=O)C3)CCC2)c1. The van der Waals surface area contributed by atoms with Gasteiger partial charge in [0.2, 0.25) is 11.8 Å². The number of hydrogen-bond donors (Lipinski definition) is 1. The molecular formula is C18H24N2O2. The van der Waals surface area contributed by atoms with E-state index in [4.69, 9.17) is 5.73 Å². The van der Waals surface area contributed by atoms with E-state index >= 15 is 0 Å². The van der Waals surface area contributed by atoms with Gasteiger partial charge in [-0.25, -0.2) is 0 Å². The number of benzene rings is 1. The van der Waals surface area contributed by atoms with Gasteiger partial charge in [-0.15, -0.1) is 0 Å². The summed E-state index contributed by atoms with van der Waals surface area (Å²) >= 11 is 0. The lowest BCUT2D eigenvalue weighted by molar-refractivity contribution is -0.140. The van der Waals surface area contributed by atoms with E-state index in [-0.39, 0.29) is 23.1 Å². The summed E-state index contributed by atoms with van der Waals surface area (Å²) in [6, 6.07) is 6.43. The van der Waals surface area contributed by atoms with E-state index in [1.807, 2.05) is 4.90 Å². The van der Waals surface area contributed by atoms with Crippen molar-refractivity contribution >= 4 is 11.8 Å². The lowest BCUT2D eigenvalue weighted by atomic mass is 9.63. The summed E-state index contributed by atoms with van der Waals surface area (Å²) in [5.74, 6) is -0.280. The average molecular weight is 300 g/mol. The van der Waals surface area contributed by atoms with Gasteiger partial charge in [0, 0.05) is 13.1 Å². The highest BCUT2D eigenvalue weighted by Crippen LogP contribution is 2.46. The number of carbonyl (C=O) groups is 2. The maximum Gasteiger partial charge on any atom is 0.233 e. The first kappa shape index (κ1) is 15.1. The van der Waals surface area contributed by atoms with Crippen LogP contribution in [0.1, 0.15) is 42.4 Å². The maximum absolute atomic E-state index is 13.1. The molecule has 4 nitrogen and oxygen atoms in total. The largest absolute Gasteiger partial charge is 0.369 e. The second kappa shape index (κ2) is 5.41. The van der Waals surface area contributed by atoms with Crippen LogP contribution in [0.5, 0.6) is 0 Å². The van der Waals surface area contributed by atoms with Crippen LogP contribution in [0.15, 0.2) is 18.2 Å². The summed E-state index contributed by atoms with van der Waals surface area (Å²) in [6.45, 7) is 5.29. The van der Waals surface area contributed by atoms with Crippen LogP contribution < -0.4 is 5.73 Å². The molecule has 2 aliphatic rings. The molecule has 1 aliphatic heterocycles. The Bertz CT molecular complexity index is 599. The average Bonchev–Trinajstić information content (AvgIpc) is 2.85. The number of rotatable bonds is 3. The third-order valence-corrected chi connectivity index (χ3v) is 5.27. The fourth-order valence-corrected chi connectivity index (χ4v) is 3.89. The first-order valence-electron chi connectivity index (χ1n) is 8.10. The molecule has 2 fully saturated rings. The van der Waals surface area contributed by atoms with Gasteiger partial charge in [-0.05, 0) is 38.7 Å². The normalized spacial score (nSPS) is 23.2. The number of nitrogens with zero attached hydrogens (tertiary/aromatic N) is 1. The smallest absolute Gasteiger partial charge is 0.233 e. The fraction of sp³-hybridized carbons (Fsp3) is 0.556. The van der Waals surface area contributed by atoms with Crippen LogP contribution in [-0.2, 0) is 15.0 Å². The molecule has 3 rings (SSSR count). The number of carbonyl (C=O) groups excluding carboxylic acids is 2. The van der Waals surface area contributed by atoms with Gasteiger partial charge in [-0.2, -0.15) is 0 Å². The molecule has 0 aromatic heterocycles. The number of hydrogen-bond acceptors (Lipinski definition) is 2. The molecular weight excluding hydrogens is 276 g/mol. The van der Waals surface area contributed by atoms with Crippen LogP contribution in [-0.4, -0.2) is 29.8 Å². The van der Waals surface area contributed by atoms with Crippen LogP contribution in [0.4, 0.5) is 0 Å².